The van der Waals surface area contributed by atoms with Crippen LogP contribution in [0.1, 0.15) is 28.5 Å². The van der Waals surface area contributed by atoms with Crippen molar-refractivity contribution >= 4 is 50.6 Å². The third-order valence-corrected chi connectivity index (χ3v) is 6.73. The van der Waals surface area contributed by atoms with Crippen LogP contribution in [-0.4, -0.2) is 11.2 Å². The Morgan fingerprint density at radius 2 is 1.95 bits per heavy atom. The van der Waals surface area contributed by atoms with Crippen molar-refractivity contribution in [2.75, 3.05) is 5.32 Å². The van der Waals surface area contributed by atoms with E-state index in [0.29, 0.717) is 0 Å². The normalized spacial score (nSPS) is 12.2. The molecule has 118 valence electrons. The average Bonchev–Trinajstić information content (AvgIpc) is 2.85. The van der Waals surface area contributed by atoms with Gasteiger partial charge in [0.15, 0.2) is 0 Å². The number of benzene rings is 1. The number of carbonyl (C=O) groups is 1. The van der Waals surface area contributed by atoms with E-state index >= 15 is 0 Å². The van der Waals surface area contributed by atoms with Crippen LogP contribution in [0.5, 0.6) is 0 Å². The average molecular weight is 398 g/mol. The Morgan fingerprint density at radius 3 is 2.50 bits per heavy atom. The molecule has 2 aromatic rings. The fourth-order valence-electron chi connectivity index (χ4n) is 2.31. The first kappa shape index (κ1) is 17.6. The van der Waals surface area contributed by atoms with Crippen molar-refractivity contribution in [2.45, 2.75) is 38.7 Å². The van der Waals surface area contributed by atoms with Gasteiger partial charge in [-0.3, -0.25) is 4.79 Å². The van der Waals surface area contributed by atoms with Gasteiger partial charge in [0, 0.05) is 20.8 Å². The number of aryl methyl sites for hydroxylation is 3. The van der Waals surface area contributed by atoms with Gasteiger partial charge in [-0.2, -0.15) is 0 Å². The molecule has 0 aliphatic heterocycles. The summed E-state index contributed by atoms with van der Waals surface area (Å²) in [5.41, 5.74) is 4.39. The standard InChI is InChI=1S/C17H20BrNOS2/c1-10-7-11(2)16(12(3)8-10)19-17(20)13(4)22-9-15-14(18)5-6-21-15/h5-8,13H,9H2,1-4H3,(H,19,20). The maximum atomic E-state index is 12.4. The summed E-state index contributed by atoms with van der Waals surface area (Å²) in [5.74, 6) is 0.909. The highest BCUT2D eigenvalue weighted by Crippen LogP contribution is 2.29. The molecule has 0 aliphatic carbocycles. The van der Waals surface area contributed by atoms with Crippen molar-refractivity contribution in [3.8, 4) is 0 Å². The van der Waals surface area contributed by atoms with Gasteiger partial charge in [-0.25, -0.2) is 0 Å². The van der Waals surface area contributed by atoms with Gasteiger partial charge in [-0.15, -0.1) is 23.1 Å². The van der Waals surface area contributed by atoms with Gasteiger partial charge in [0.2, 0.25) is 5.91 Å². The molecule has 22 heavy (non-hydrogen) atoms. The van der Waals surface area contributed by atoms with Crippen molar-refractivity contribution in [1.29, 1.82) is 0 Å². The molecule has 0 aliphatic rings. The fourth-order valence-corrected chi connectivity index (χ4v) is 5.01. The van der Waals surface area contributed by atoms with Gasteiger partial charge in [-0.1, -0.05) is 17.7 Å². The molecule has 1 aromatic heterocycles. The maximum absolute atomic E-state index is 12.4. The number of carbonyl (C=O) groups excluding carboxylic acids is 1. The van der Waals surface area contributed by atoms with E-state index < -0.39 is 0 Å². The minimum absolute atomic E-state index is 0.0627. The molecule has 2 nitrogen and oxygen atoms in total. The van der Waals surface area contributed by atoms with E-state index in [1.807, 2.05) is 26.8 Å². The van der Waals surface area contributed by atoms with Gasteiger partial charge >= 0.3 is 0 Å². The predicted octanol–water partition coefficient (Wildman–Crippen LogP) is 5.70. The summed E-state index contributed by atoms with van der Waals surface area (Å²) < 4.78 is 1.13. The van der Waals surface area contributed by atoms with E-state index in [1.165, 1.54) is 10.4 Å². The van der Waals surface area contributed by atoms with Crippen molar-refractivity contribution in [3.05, 3.63) is 49.6 Å². The molecule has 0 saturated carbocycles. The van der Waals surface area contributed by atoms with Crippen LogP contribution in [0, 0.1) is 20.8 Å². The molecule has 1 unspecified atom stereocenters. The number of halogens is 1. The van der Waals surface area contributed by atoms with Crippen LogP contribution in [0.25, 0.3) is 0 Å². The number of nitrogens with one attached hydrogen (secondary N) is 1. The molecular formula is C17H20BrNOS2. The van der Waals surface area contributed by atoms with Gasteiger partial charge in [0.25, 0.3) is 0 Å². The Kier molecular flexibility index (Phi) is 6.12. The summed E-state index contributed by atoms with van der Waals surface area (Å²) in [6.45, 7) is 8.11. The third-order valence-electron chi connectivity index (χ3n) is 3.45. The molecule has 1 aromatic carbocycles. The minimum Gasteiger partial charge on any atom is -0.325 e. The highest BCUT2D eigenvalue weighted by molar-refractivity contribution is 9.10. The first-order chi connectivity index (χ1) is 10.4. The zero-order valence-corrected chi connectivity index (χ0v) is 16.4. The van der Waals surface area contributed by atoms with Crippen molar-refractivity contribution in [1.82, 2.24) is 0 Å². The van der Waals surface area contributed by atoms with Crippen LogP contribution < -0.4 is 5.32 Å². The van der Waals surface area contributed by atoms with E-state index in [2.05, 4.69) is 45.7 Å². The number of amides is 1. The predicted molar refractivity (Wildman–Crippen MR) is 102 cm³/mol. The van der Waals surface area contributed by atoms with E-state index in [9.17, 15) is 4.79 Å². The van der Waals surface area contributed by atoms with Crippen LogP contribution in [0.15, 0.2) is 28.1 Å². The molecule has 0 saturated heterocycles. The topological polar surface area (TPSA) is 29.1 Å². The van der Waals surface area contributed by atoms with E-state index in [4.69, 9.17) is 0 Å². The zero-order valence-electron chi connectivity index (χ0n) is 13.2. The summed E-state index contributed by atoms with van der Waals surface area (Å²) in [6.07, 6.45) is 0. The Hall–Kier alpha value is -0.780. The molecule has 0 fully saturated rings. The maximum Gasteiger partial charge on any atom is 0.237 e. The highest BCUT2D eigenvalue weighted by atomic mass is 79.9. The quantitative estimate of drug-likeness (QED) is 0.700. The zero-order chi connectivity index (χ0) is 16.3. The summed E-state index contributed by atoms with van der Waals surface area (Å²) in [4.78, 5) is 13.7. The van der Waals surface area contributed by atoms with Crippen LogP contribution >= 0.6 is 39.0 Å². The molecule has 1 atom stereocenters. The molecular weight excluding hydrogens is 378 g/mol. The Labute approximate surface area is 148 Å². The monoisotopic (exact) mass is 397 g/mol. The van der Waals surface area contributed by atoms with Gasteiger partial charge in [0.1, 0.15) is 0 Å². The van der Waals surface area contributed by atoms with E-state index in [-0.39, 0.29) is 11.2 Å². The lowest BCUT2D eigenvalue weighted by atomic mass is 10.1. The summed E-state index contributed by atoms with van der Waals surface area (Å²) >= 11 is 6.90. The molecule has 1 N–H and O–H groups in total. The molecule has 0 radical (unpaired) electrons. The number of rotatable bonds is 5. The van der Waals surface area contributed by atoms with Gasteiger partial charge in [0.05, 0.1) is 5.25 Å². The number of anilines is 1. The fraction of sp³-hybridized carbons (Fsp3) is 0.353. The Balaban J connectivity index is 1.98. The van der Waals surface area contributed by atoms with E-state index in [1.54, 1.807) is 23.1 Å². The molecule has 2 rings (SSSR count). The summed E-state index contributed by atoms with van der Waals surface area (Å²) in [7, 11) is 0. The first-order valence-electron chi connectivity index (χ1n) is 7.10. The van der Waals surface area contributed by atoms with Gasteiger partial charge < -0.3 is 5.32 Å². The minimum atomic E-state index is -0.0888. The lowest BCUT2D eigenvalue weighted by molar-refractivity contribution is -0.115. The second kappa shape index (κ2) is 7.66. The van der Waals surface area contributed by atoms with Crippen LogP contribution in [0.4, 0.5) is 5.69 Å². The molecule has 1 amide bonds. The smallest absolute Gasteiger partial charge is 0.237 e. The SMILES string of the molecule is Cc1cc(C)c(NC(=O)C(C)SCc2sccc2Br)c(C)c1. The van der Waals surface area contributed by atoms with Crippen LogP contribution in [0.2, 0.25) is 0 Å². The summed E-state index contributed by atoms with van der Waals surface area (Å²) in [6, 6.07) is 6.25. The largest absolute Gasteiger partial charge is 0.325 e. The van der Waals surface area contributed by atoms with Crippen molar-refractivity contribution < 1.29 is 4.79 Å². The Bertz CT molecular complexity index is 658. The van der Waals surface area contributed by atoms with Crippen molar-refractivity contribution in [3.63, 3.8) is 0 Å². The second-order valence-corrected chi connectivity index (χ2v) is 8.59. The van der Waals surface area contributed by atoms with Gasteiger partial charge in [-0.05, 0) is 66.2 Å². The van der Waals surface area contributed by atoms with Crippen LogP contribution in [-0.2, 0) is 10.5 Å². The van der Waals surface area contributed by atoms with E-state index in [0.717, 1.165) is 27.0 Å². The number of thiophene rings is 1. The second-order valence-electron chi connectivity index (χ2n) is 5.41. The third kappa shape index (κ3) is 4.37. The first-order valence-corrected chi connectivity index (χ1v) is 9.83. The lowest BCUT2D eigenvalue weighted by Crippen LogP contribution is -2.23. The lowest BCUT2D eigenvalue weighted by Gasteiger charge is -2.16. The Morgan fingerprint density at radius 1 is 1.32 bits per heavy atom. The van der Waals surface area contributed by atoms with Crippen molar-refractivity contribution in [2.24, 2.45) is 0 Å². The van der Waals surface area contributed by atoms with Crippen LogP contribution in [0.3, 0.4) is 0 Å². The molecule has 0 spiro atoms. The molecule has 5 heteroatoms. The number of hydrogen-bond acceptors (Lipinski definition) is 3. The molecule has 0 bridgehead atoms. The summed E-state index contributed by atoms with van der Waals surface area (Å²) in [5, 5.41) is 5.05. The highest BCUT2D eigenvalue weighted by Gasteiger charge is 2.16. The molecule has 1 heterocycles. The number of thioether (sulfide) groups is 1. The number of hydrogen-bond donors (Lipinski definition) is 1.